The zero-order chi connectivity index (χ0) is 18.6. The average Bonchev–Trinajstić information content (AvgIpc) is 2.74. The Morgan fingerprint density at radius 2 is 1.56 bits per heavy atom. The number of benzene rings is 2. The molecule has 0 aliphatic carbocycles. The van der Waals surface area contributed by atoms with Gasteiger partial charge in [-0.3, -0.25) is 5.32 Å². The molecule has 134 valence electrons. The Morgan fingerprint density at radius 3 is 2.22 bits per heavy atom. The highest BCUT2D eigenvalue weighted by molar-refractivity contribution is 5.91. The van der Waals surface area contributed by atoms with Crippen molar-refractivity contribution >= 4 is 28.6 Å². The van der Waals surface area contributed by atoms with Crippen LogP contribution in [0.3, 0.4) is 0 Å². The van der Waals surface area contributed by atoms with E-state index in [2.05, 4.69) is 32.3 Å². The molecule has 1 aromatic heterocycles. The second-order valence-electron chi connectivity index (χ2n) is 6.26. The van der Waals surface area contributed by atoms with E-state index < -0.39 is 0 Å². The highest BCUT2D eigenvalue weighted by Gasteiger charge is 2.22. The molecule has 1 saturated heterocycles. The molecule has 27 heavy (non-hydrogen) atoms. The van der Waals surface area contributed by atoms with Crippen LogP contribution < -0.4 is 10.2 Å². The van der Waals surface area contributed by atoms with E-state index >= 15 is 0 Å². The number of aromatic nitrogens is 2. The quantitative estimate of drug-likeness (QED) is 0.761. The predicted octanol–water partition coefficient (Wildman–Crippen LogP) is 2.86. The van der Waals surface area contributed by atoms with Crippen molar-refractivity contribution in [1.82, 2.24) is 14.9 Å². The molecule has 7 nitrogen and oxygen atoms in total. The molecule has 0 bridgehead atoms. The van der Waals surface area contributed by atoms with Gasteiger partial charge in [-0.05, 0) is 24.3 Å². The first-order chi connectivity index (χ1) is 13.2. The van der Waals surface area contributed by atoms with E-state index in [1.165, 1.54) is 0 Å². The average molecular weight is 358 g/mol. The van der Waals surface area contributed by atoms with Gasteiger partial charge in [-0.1, -0.05) is 30.3 Å². The summed E-state index contributed by atoms with van der Waals surface area (Å²) in [6.45, 7) is 2.71. The summed E-state index contributed by atoms with van der Waals surface area (Å²) >= 11 is 0. The number of amides is 2. The van der Waals surface area contributed by atoms with E-state index in [-0.39, 0.29) is 17.5 Å². The SMILES string of the molecule is N#Cc1nc2ccccc2nc1NC(=O)N1CCN(c2ccccc2)CC1. The van der Waals surface area contributed by atoms with Crippen LogP contribution in [0.1, 0.15) is 5.69 Å². The molecule has 2 heterocycles. The van der Waals surface area contributed by atoms with E-state index in [0.29, 0.717) is 24.1 Å². The third kappa shape index (κ3) is 3.51. The normalized spacial score (nSPS) is 14.0. The third-order valence-corrected chi connectivity index (χ3v) is 4.59. The molecule has 0 spiro atoms. The van der Waals surface area contributed by atoms with Gasteiger partial charge in [0.15, 0.2) is 11.5 Å². The zero-order valence-corrected chi connectivity index (χ0v) is 14.7. The number of nitrogens with zero attached hydrogens (tertiary/aromatic N) is 5. The van der Waals surface area contributed by atoms with E-state index in [4.69, 9.17) is 0 Å². The third-order valence-electron chi connectivity index (χ3n) is 4.59. The number of anilines is 2. The number of carbonyl (C=O) groups is 1. The Labute approximate surface area is 156 Å². The fraction of sp³-hybridized carbons (Fsp3) is 0.200. The number of para-hydroxylation sites is 3. The number of hydrogen-bond donors (Lipinski definition) is 1. The number of carbonyl (C=O) groups excluding carboxylic acids is 1. The number of fused-ring (bicyclic) bond motifs is 1. The summed E-state index contributed by atoms with van der Waals surface area (Å²) in [6.07, 6.45) is 0. The summed E-state index contributed by atoms with van der Waals surface area (Å²) in [5.74, 6) is 0.201. The second kappa shape index (κ2) is 7.30. The van der Waals surface area contributed by atoms with Crippen LogP contribution in [0.2, 0.25) is 0 Å². The lowest BCUT2D eigenvalue weighted by Gasteiger charge is -2.36. The Bertz CT molecular complexity index is 1010. The largest absolute Gasteiger partial charge is 0.368 e. The lowest BCUT2D eigenvalue weighted by Crippen LogP contribution is -2.50. The van der Waals surface area contributed by atoms with Crippen LogP contribution in [0.4, 0.5) is 16.3 Å². The van der Waals surface area contributed by atoms with Crippen molar-refractivity contribution in [1.29, 1.82) is 5.26 Å². The molecule has 0 atom stereocenters. The minimum Gasteiger partial charge on any atom is -0.368 e. The van der Waals surface area contributed by atoms with Gasteiger partial charge >= 0.3 is 6.03 Å². The summed E-state index contributed by atoms with van der Waals surface area (Å²) in [6, 6.07) is 19.2. The van der Waals surface area contributed by atoms with Crippen LogP contribution in [-0.2, 0) is 0 Å². The second-order valence-corrected chi connectivity index (χ2v) is 6.26. The van der Waals surface area contributed by atoms with E-state index in [1.54, 1.807) is 17.0 Å². The van der Waals surface area contributed by atoms with Crippen molar-refractivity contribution in [2.75, 3.05) is 36.4 Å². The van der Waals surface area contributed by atoms with Crippen molar-refractivity contribution in [2.24, 2.45) is 0 Å². The van der Waals surface area contributed by atoms with Gasteiger partial charge in [-0.15, -0.1) is 0 Å². The molecule has 2 aromatic carbocycles. The molecule has 3 aromatic rings. The summed E-state index contributed by atoms with van der Waals surface area (Å²) in [4.78, 5) is 25.3. The first kappa shape index (κ1) is 16.8. The van der Waals surface area contributed by atoms with Gasteiger partial charge in [0.2, 0.25) is 0 Å². The Hall–Kier alpha value is -3.66. The van der Waals surface area contributed by atoms with Crippen LogP contribution in [0.15, 0.2) is 54.6 Å². The van der Waals surface area contributed by atoms with Crippen molar-refractivity contribution in [3.8, 4) is 6.07 Å². The Balaban J connectivity index is 1.46. The van der Waals surface area contributed by atoms with Crippen molar-refractivity contribution in [2.45, 2.75) is 0 Å². The standard InChI is InChI=1S/C20H18N6O/c21-14-18-19(23-17-9-5-4-8-16(17)22-18)24-20(27)26-12-10-25(11-13-26)15-6-2-1-3-7-15/h1-9H,10-13H2,(H,23,24,27). The Kier molecular flexibility index (Phi) is 4.54. The van der Waals surface area contributed by atoms with Gasteiger partial charge in [-0.25, -0.2) is 14.8 Å². The molecule has 4 rings (SSSR count). The van der Waals surface area contributed by atoms with Gasteiger partial charge in [0.05, 0.1) is 11.0 Å². The lowest BCUT2D eigenvalue weighted by molar-refractivity contribution is 0.208. The van der Waals surface area contributed by atoms with E-state index in [9.17, 15) is 10.1 Å². The van der Waals surface area contributed by atoms with Crippen LogP contribution in [0.25, 0.3) is 11.0 Å². The van der Waals surface area contributed by atoms with Crippen LogP contribution in [-0.4, -0.2) is 47.1 Å². The molecule has 7 heteroatoms. The fourth-order valence-corrected chi connectivity index (χ4v) is 3.15. The number of nitriles is 1. The molecule has 1 N–H and O–H groups in total. The molecule has 0 saturated carbocycles. The highest BCUT2D eigenvalue weighted by Crippen LogP contribution is 2.18. The number of piperazine rings is 1. The molecular weight excluding hydrogens is 340 g/mol. The minimum absolute atomic E-state index is 0.116. The summed E-state index contributed by atoms with van der Waals surface area (Å²) < 4.78 is 0. The summed E-state index contributed by atoms with van der Waals surface area (Å²) in [7, 11) is 0. The Morgan fingerprint density at radius 1 is 0.926 bits per heavy atom. The molecule has 0 unspecified atom stereocenters. The maximum Gasteiger partial charge on any atom is 0.323 e. The van der Waals surface area contributed by atoms with Crippen molar-refractivity contribution < 1.29 is 4.79 Å². The topological polar surface area (TPSA) is 85.1 Å². The van der Waals surface area contributed by atoms with Crippen molar-refractivity contribution in [3.05, 3.63) is 60.3 Å². The smallest absolute Gasteiger partial charge is 0.323 e. The number of rotatable bonds is 2. The van der Waals surface area contributed by atoms with Crippen LogP contribution in [0.5, 0.6) is 0 Å². The summed E-state index contributed by atoms with van der Waals surface area (Å²) in [5, 5.41) is 12.1. The number of hydrogen-bond acceptors (Lipinski definition) is 5. The lowest BCUT2D eigenvalue weighted by atomic mass is 10.2. The van der Waals surface area contributed by atoms with Crippen molar-refractivity contribution in [3.63, 3.8) is 0 Å². The molecule has 1 aliphatic heterocycles. The van der Waals surface area contributed by atoms with Crippen LogP contribution >= 0.6 is 0 Å². The molecule has 2 amide bonds. The van der Waals surface area contributed by atoms with Gasteiger partial charge in [-0.2, -0.15) is 5.26 Å². The predicted molar refractivity (Wildman–Crippen MR) is 103 cm³/mol. The summed E-state index contributed by atoms with van der Waals surface area (Å²) in [5.41, 5.74) is 2.54. The van der Waals surface area contributed by atoms with Crippen LogP contribution in [0, 0.1) is 11.3 Å². The minimum atomic E-state index is -0.260. The first-order valence-corrected chi connectivity index (χ1v) is 8.77. The maximum absolute atomic E-state index is 12.6. The molecule has 1 aliphatic rings. The maximum atomic E-state index is 12.6. The zero-order valence-electron chi connectivity index (χ0n) is 14.7. The van der Waals surface area contributed by atoms with Gasteiger partial charge in [0.25, 0.3) is 0 Å². The van der Waals surface area contributed by atoms with E-state index in [0.717, 1.165) is 18.8 Å². The monoisotopic (exact) mass is 358 g/mol. The van der Waals surface area contributed by atoms with Gasteiger partial charge < -0.3 is 9.80 Å². The molecule has 1 fully saturated rings. The number of nitrogens with one attached hydrogen (secondary N) is 1. The molecular formula is C20H18N6O. The molecule has 0 radical (unpaired) electrons. The first-order valence-electron chi connectivity index (χ1n) is 8.77. The van der Waals surface area contributed by atoms with Gasteiger partial charge in [0, 0.05) is 31.9 Å². The highest BCUT2D eigenvalue weighted by atomic mass is 16.2. The van der Waals surface area contributed by atoms with E-state index in [1.807, 2.05) is 36.4 Å². The number of urea groups is 1. The van der Waals surface area contributed by atoms with Gasteiger partial charge in [0.1, 0.15) is 6.07 Å². The fourth-order valence-electron chi connectivity index (χ4n) is 3.15.